The smallest absolute Gasteiger partial charge is 0.251 e. The first kappa shape index (κ1) is 15.0. The lowest BCUT2D eigenvalue weighted by Crippen LogP contribution is -2.24. The molecule has 0 saturated heterocycles. The van der Waals surface area contributed by atoms with E-state index in [9.17, 15) is 4.79 Å². The monoisotopic (exact) mass is 284 g/mol. The minimum absolute atomic E-state index is 0.172. The van der Waals surface area contributed by atoms with Crippen LogP contribution < -0.4 is 11.1 Å². The molecule has 0 bridgehead atoms. The van der Waals surface area contributed by atoms with Crippen molar-refractivity contribution in [1.82, 2.24) is 15.3 Å². The summed E-state index contributed by atoms with van der Waals surface area (Å²) in [4.78, 5) is 20.8. The largest absolute Gasteiger partial charge is 0.384 e. The number of aryl methyl sites for hydroxylation is 1. The van der Waals surface area contributed by atoms with Crippen molar-refractivity contribution >= 4 is 11.7 Å². The highest BCUT2D eigenvalue weighted by atomic mass is 16.1. The van der Waals surface area contributed by atoms with Crippen LogP contribution in [0.25, 0.3) is 0 Å². The van der Waals surface area contributed by atoms with Crippen LogP contribution in [0.5, 0.6) is 0 Å². The molecule has 0 aliphatic carbocycles. The fraction of sp³-hybridized carbons (Fsp3) is 0.312. The number of hydrogen-bond acceptors (Lipinski definition) is 4. The Morgan fingerprint density at radius 2 is 2.05 bits per heavy atom. The number of aromatic nitrogens is 2. The van der Waals surface area contributed by atoms with E-state index in [0.29, 0.717) is 17.9 Å². The molecule has 0 spiro atoms. The number of anilines is 1. The van der Waals surface area contributed by atoms with Gasteiger partial charge in [0.05, 0.1) is 12.2 Å². The van der Waals surface area contributed by atoms with E-state index in [1.807, 2.05) is 39.0 Å². The maximum Gasteiger partial charge on any atom is 0.251 e. The molecule has 0 aromatic carbocycles. The zero-order valence-corrected chi connectivity index (χ0v) is 12.6. The van der Waals surface area contributed by atoms with E-state index in [0.717, 1.165) is 17.1 Å². The van der Waals surface area contributed by atoms with Crippen LogP contribution in [-0.2, 0) is 6.54 Å². The topological polar surface area (TPSA) is 80.9 Å². The average Bonchev–Trinajstić information content (AvgIpc) is 2.44. The summed E-state index contributed by atoms with van der Waals surface area (Å²) in [6.45, 7) is 6.34. The number of pyridine rings is 2. The first-order valence-electron chi connectivity index (χ1n) is 6.94. The highest BCUT2D eigenvalue weighted by molar-refractivity contribution is 5.94. The van der Waals surface area contributed by atoms with Gasteiger partial charge in [0.2, 0.25) is 0 Å². The molecule has 0 aliphatic heterocycles. The summed E-state index contributed by atoms with van der Waals surface area (Å²) < 4.78 is 0. The molecule has 2 rings (SSSR count). The lowest BCUT2D eigenvalue weighted by atomic mass is 10.1. The Morgan fingerprint density at radius 1 is 1.29 bits per heavy atom. The predicted octanol–water partition coefficient (Wildman–Crippen LogP) is 2.42. The lowest BCUT2D eigenvalue weighted by molar-refractivity contribution is 0.0950. The van der Waals surface area contributed by atoms with Gasteiger partial charge in [-0.25, -0.2) is 4.98 Å². The molecule has 5 heteroatoms. The third-order valence-corrected chi connectivity index (χ3v) is 3.09. The Labute approximate surface area is 124 Å². The van der Waals surface area contributed by atoms with Gasteiger partial charge in [0.1, 0.15) is 5.82 Å². The molecule has 0 atom stereocenters. The average molecular weight is 284 g/mol. The van der Waals surface area contributed by atoms with E-state index in [4.69, 9.17) is 5.73 Å². The third-order valence-electron chi connectivity index (χ3n) is 3.09. The van der Waals surface area contributed by atoms with Crippen molar-refractivity contribution in [2.75, 3.05) is 5.73 Å². The Hall–Kier alpha value is -2.43. The van der Waals surface area contributed by atoms with Gasteiger partial charge in [-0.15, -0.1) is 0 Å². The summed E-state index contributed by atoms with van der Waals surface area (Å²) in [6, 6.07) is 9.09. The number of nitrogens with two attached hydrogens (primary N) is 1. The maximum absolute atomic E-state index is 12.2. The van der Waals surface area contributed by atoms with Gasteiger partial charge < -0.3 is 11.1 Å². The molecule has 0 aliphatic rings. The zero-order chi connectivity index (χ0) is 15.4. The van der Waals surface area contributed by atoms with Gasteiger partial charge in [-0.2, -0.15) is 0 Å². The van der Waals surface area contributed by atoms with Crippen LogP contribution in [0.15, 0.2) is 30.3 Å². The summed E-state index contributed by atoms with van der Waals surface area (Å²) in [5.74, 6) is 0.410. The molecule has 2 aromatic rings. The SMILES string of the molecule is Cc1cccc(CNC(=O)c2cc(N)nc(C(C)C)c2)n1. The van der Waals surface area contributed by atoms with E-state index in [1.165, 1.54) is 0 Å². The molecule has 21 heavy (non-hydrogen) atoms. The van der Waals surface area contributed by atoms with Crippen molar-refractivity contribution in [3.05, 3.63) is 53.0 Å². The van der Waals surface area contributed by atoms with Crippen LogP contribution in [0.3, 0.4) is 0 Å². The summed E-state index contributed by atoms with van der Waals surface area (Å²) >= 11 is 0. The van der Waals surface area contributed by atoms with Crippen LogP contribution in [0.1, 0.15) is 47.2 Å². The molecule has 5 nitrogen and oxygen atoms in total. The summed E-state index contributed by atoms with van der Waals surface area (Å²) in [6.07, 6.45) is 0. The molecular formula is C16H20N4O. The maximum atomic E-state index is 12.2. The number of carbonyl (C=O) groups excluding carboxylic acids is 1. The fourth-order valence-corrected chi connectivity index (χ4v) is 1.97. The van der Waals surface area contributed by atoms with E-state index in [1.54, 1.807) is 12.1 Å². The second kappa shape index (κ2) is 6.35. The number of nitrogen functional groups attached to an aromatic ring is 1. The highest BCUT2D eigenvalue weighted by Gasteiger charge is 2.11. The van der Waals surface area contributed by atoms with Crippen LogP contribution in [-0.4, -0.2) is 15.9 Å². The molecule has 1 amide bonds. The minimum Gasteiger partial charge on any atom is -0.384 e. The Bertz CT molecular complexity index is 652. The van der Waals surface area contributed by atoms with Crippen LogP contribution in [0, 0.1) is 6.92 Å². The number of rotatable bonds is 4. The number of nitrogens with zero attached hydrogens (tertiary/aromatic N) is 2. The molecule has 0 radical (unpaired) electrons. The highest BCUT2D eigenvalue weighted by Crippen LogP contribution is 2.16. The molecule has 0 saturated carbocycles. The van der Waals surface area contributed by atoms with Gasteiger partial charge in [0.15, 0.2) is 0 Å². The van der Waals surface area contributed by atoms with Crippen molar-refractivity contribution in [2.45, 2.75) is 33.2 Å². The van der Waals surface area contributed by atoms with Crippen molar-refractivity contribution in [2.24, 2.45) is 0 Å². The van der Waals surface area contributed by atoms with Crippen LogP contribution >= 0.6 is 0 Å². The third kappa shape index (κ3) is 4.02. The van der Waals surface area contributed by atoms with E-state index >= 15 is 0 Å². The van der Waals surface area contributed by atoms with Crippen molar-refractivity contribution in [3.8, 4) is 0 Å². The summed E-state index contributed by atoms with van der Waals surface area (Å²) in [7, 11) is 0. The molecular weight excluding hydrogens is 264 g/mol. The van der Waals surface area contributed by atoms with Gasteiger partial charge >= 0.3 is 0 Å². The van der Waals surface area contributed by atoms with E-state index in [-0.39, 0.29) is 11.8 Å². The van der Waals surface area contributed by atoms with Crippen molar-refractivity contribution < 1.29 is 4.79 Å². The molecule has 2 aromatic heterocycles. The zero-order valence-electron chi connectivity index (χ0n) is 12.6. The lowest BCUT2D eigenvalue weighted by Gasteiger charge is -2.10. The Kier molecular flexibility index (Phi) is 4.52. The van der Waals surface area contributed by atoms with Gasteiger partial charge in [-0.3, -0.25) is 9.78 Å². The first-order valence-corrected chi connectivity index (χ1v) is 6.94. The molecule has 2 heterocycles. The van der Waals surface area contributed by atoms with Crippen LogP contribution in [0.4, 0.5) is 5.82 Å². The van der Waals surface area contributed by atoms with Gasteiger partial charge in [-0.05, 0) is 37.1 Å². The number of nitrogens with one attached hydrogen (secondary N) is 1. The van der Waals surface area contributed by atoms with Crippen molar-refractivity contribution in [1.29, 1.82) is 0 Å². The molecule has 0 unspecified atom stereocenters. The standard InChI is InChI=1S/C16H20N4O/c1-10(2)14-7-12(8-15(17)20-14)16(21)18-9-13-6-4-5-11(3)19-13/h4-8,10H,9H2,1-3H3,(H2,17,20)(H,18,21). The second-order valence-electron chi connectivity index (χ2n) is 5.31. The predicted molar refractivity (Wildman–Crippen MR) is 82.9 cm³/mol. The van der Waals surface area contributed by atoms with E-state index in [2.05, 4.69) is 15.3 Å². The number of hydrogen-bond donors (Lipinski definition) is 2. The number of amides is 1. The Balaban J connectivity index is 2.10. The van der Waals surface area contributed by atoms with Crippen molar-refractivity contribution in [3.63, 3.8) is 0 Å². The van der Waals surface area contributed by atoms with Gasteiger partial charge in [0.25, 0.3) is 5.91 Å². The van der Waals surface area contributed by atoms with Gasteiger partial charge in [-0.1, -0.05) is 19.9 Å². The fourth-order valence-electron chi connectivity index (χ4n) is 1.97. The van der Waals surface area contributed by atoms with Crippen LogP contribution in [0.2, 0.25) is 0 Å². The molecule has 110 valence electrons. The minimum atomic E-state index is -0.172. The first-order chi connectivity index (χ1) is 9.95. The number of carbonyl (C=O) groups is 1. The van der Waals surface area contributed by atoms with E-state index < -0.39 is 0 Å². The molecule has 3 N–H and O–H groups in total. The second-order valence-corrected chi connectivity index (χ2v) is 5.31. The Morgan fingerprint density at radius 3 is 2.71 bits per heavy atom. The summed E-state index contributed by atoms with van der Waals surface area (Å²) in [5, 5.41) is 2.85. The quantitative estimate of drug-likeness (QED) is 0.903. The van der Waals surface area contributed by atoms with Gasteiger partial charge in [0, 0.05) is 17.0 Å². The summed E-state index contributed by atoms with van der Waals surface area (Å²) in [5.41, 5.74) is 8.86. The normalized spacial score (nSPS) is 10.7. The molecule has 0 fully saturated rings.